The van der Waals surface area contributed by atoms with Crippen LogP contribution in [0.4, 0.5) is 0 Å². The zero-order valence-electron chi connectivity index (χ0n) is 9.23. The summed E-state index contributed by atoms with van der Waals surface area (Å²) in [7, 11) is 1.25. The standard InChI is InChI=1S/C13H10N2O2/c1-17-13(16)11(8-14)6-9-2-3-10-4-5-15-12(10)7-9/h2-7,15H,1H3/b11-6+. The third-order valence-corrected chi connectivity index (χ3v) is 2.42. The summed E-state index contributed by atoms with van der Waals surface area (Å²) in [4.78, 5) is 14.3. The van der Waals surface area contributed by atoms with Crippen LogP contribution in [-0.4, -0.2) is 18.1 Å². The molecule has 0 aliphatic carbocycles. The van der Waals surface area contributed by atoms with Crippen molar-refractivity contribution in [1.82, 2.24) is 4.98 Å². The van der Waals surface area contributed by atoms with Gasteiger partial charge in [-0.1, -0.05) is 12.1 Å². The molecule has 0 saturated carbocycles. The smallest absolute Gasteiger partial charge is 0.348 e. The Balaban J connectivity index is 2.43. The number of aromatic nitrogens is 1. The van der Waals surface area contributed by atoms with Crippen LogP contribution in [0.25, 0.3) is 17.0 Å². The second-order valence-electron chi connectivity index (χ2n) is 3.49. The van der Waals surface area contributed by atoms with Gasteiger partial charge in [-0.05, 0) is 29.2 Å². The van der Waals surface area contributed by atoms with Crippen LogP contribution in [0, 0.1) is 11.3 Å². The van der Waals surface area contributed by atoms with Crippen LogP contribution in [0.1, 0.15) is 5.56 Å². The summed E-state index contributed by atoms with van der Waals surface area (Å²) < 4.78 is 4.51. The van der Waals surface area contributed by atoms with E-state index in [0.717, 1.165) is 16.5 Å². The molecule has 0 bridgehead atoms. The molecule has 17 heavy (non-hydrogen) atoms. The summed E-state index contributed by atoms with van der Waals surface area (Å²) in [5.74, 6) is -0.626. The number of H-pyrrole nitrogens is 1. The summed E-state index contributed by atoms with van der Waals surface area (Å²) >= 11 is 0. The van der Waals surface area contributed by atoms with E-state index in [1.54, 1.807) is 0 Å². The minimum atomic E-state index is -0.626. The first-order valence-corrected chi connectivity index (χ1v) is 5.02. The molecular formula is C13H10N2O2. The van der Waals surface area contributed by atoms with E-state index in [1.165, 1.54) is 13.2 Å². The van der Waals surface area contributed by atoms with Gasteiger partial charge in [0.2, 0.25) is 0 Å². The average Bonchev–Trinajstić information content (AvgIpc) is 2.82. The Morgan fingerprint density at radius 1 is 1.47 bits per heavy atom. The van der Waals surface area contributed by atoms with Crippen LogP contribution in [-0.2, 0) is 9.53 Å². The Bertz CT molecular complexity index is 632. The molecule has 1 aromatic carbocycles. The lowest BCUT2D eigenvalue weighted by atomic mass is 10.1. The maximum atomic E-state index is 11.2. The van der Waals surface area contributed by atoms with Crippen molar-refractivity contribution in [3.63, 3.8) is 0 Å². The normalized spacial score (nSPS) is 11.2. The predicted molar refractivity (Wildman–Crippen MR) is 63.9 cm³/mol. The number of benzene rings is 1. The van der Waals surface area contributed by atoms with Crippen molar-refractivity contribution < 1.29 is 9.53 Å². The molecule has 1 heterocycles. The number of rotatable bonds is 2. The van der Waals surface area contributed by atoms with Crippen LogP contribution in [0.5, 0.6) is 0 Å². The first-order valence-electron chi connectivity index (χ1n) is 5.02. The van der Waals surface area contributed by atoms with Crippen LogP contribution in [0.2, 0.25) is 0 Å². The lowest BCUT2D eigenvalue weighted by molar-refractivity contribution is -0.135. The van der Waals surface area contributed by atoms with Crippen LogP contribution in [0.3, 0.4) is 0 Å². The zero-order valence-corrected chi connectivity index (χ0v) is 9.23. The van der Waals surface area contributed by atoms with Crippen LogP contribution >= 0.6 is 0 Å². The lowest BCUT2D eigenvalue weighted by Gasteiger charge is -1.97. The number of nitrogens with one attached hydrogen (secondary N) is 1. The van der Waals surface area contributed by atoms with Gasteiger partial charge < -0.3 is 9.72 Å². The number of esters is 1. The van der Waals surface area contributed by atoms with Gasteiger partial charge in [-0.3, -0.25) is 0 Å². The van der Waals surface area contributed by atoms with Gasteiger partial charge in [-0.25, -0.2) is 4.79 Å². The molecule has 0 aliphatic rings. The summed E-state index contributed by atoms with van der Waals surface area (Å²) in [6, 6.07) is 9.41. The van der Waals surface area contributed by atoms with Crippen LogP contribution in [0.15, 0.2) is 36.0 Å². The Kier molecular flexibility index (Phi) is 2.93. The van der Waals surface area contributed by atoms with Gasteiger partial charge in [0, 0.05) is 11.7 Å². The fourth-order valence-electron chi connectivity index (χ4n) is 1.57. The first kappa shape index (κ1) is 11.0. The number of methoxy groups -OCH3 is 1. The van der Waals surface area contributed by atoms with E-state index in [-0.39, 0.29) is 5.57 Å². The van der Waals surface area contributed by atoms with Gasteiger partial charge in [0.05, 0.1) is 7.11 Å². The molecule has 0 spiro atoms. The van der Waals surface area contributed by atoms with E-state index in [4.69, 9.17) is 5.26 Å². The zero-order chi connectivity index (χ0) is 12.3. The van der Waals surface area contributed by atoms with Gasteiger partial charge in [0.1, 0.15) is 11.6 Å². The predicted octanol–water partition coefficient (Wildman–Crippen LogP) is 2.25. The fraction of sp³-hybridized carbons (Fsp3) is 0.0769. The molecule has 4 heteroatoms. The van der Waals surface area contributed by atoms with Gasteiger partial charge in [-0.2, -0.15) is 5.26 Å². The third-order valence-electron chi connectivity index (χ3n) is 2.42. The van der Waals surface area contributed by atoms with Crippen molar-refractivity contribution in [2.75, 3.05) is 7.11 Å². The molecule has 4 nitrogen and oxygen atoms in total. The highest BCUT2D eigenvalue weighted by molar-refractivity contribution is 5.98. The maximum absolute atomic E-state index is 11.2. The number of nitriles is 1. The average molecular weight is 226 g/mol. The molecule has 84 valence electrons. The number of fused-ring (bicyclic) bond motifs is 1. The van der Waals surface area contributed by atoms with Gasteiger partial charge in [-0.15, -0.1) is 0 Å². The minimum Gasteiger partial charge on any atom is -0.465 e. The molecule has 2 aromatic rings. The third kappa shape index (κ3) is 2.18. The minimum absolute atomic E-state index is 0.0154. The van der Waals surface area contributed by atoms with Crippen molar-refractivity contribution in [2.45, 2.75) is 0 Å². The number of carbonyl (C=O) groups excluding carboxylic acids is 1. The van der Waals surface area contributed by atoms with Crippen molar-refractivity contribution >= 4 is 22.9 Å². The summed E-state index contributed by atoms with van der Waals surface area (Å²) in [6.07, 6.45) is 3.34. The van der Waals surface area contributed by atoms with Crippen molar-refractivity contribution in [3.8, 4) is 6.07 Å². The molecule has 0 atom stereocenters. The van der Waals surface area contributed by atoms with Gasteiger partial charge >= 0.3 is 5.97 Å². The van der Waals surface area contributed by atoms with E-state index < -0.39 is 5.97 Å². The number of aromatic amines is 1. The number of carbonyl (C=O) groups is 1. The number of hydrogen-bond acceptors (Lipinski definition) is 3. The largest absolute Gasteiger partial charge is 0.465 e. The molecule has 0 saturated heterocycles. The molecule has 1 aromatic heterocycles. The highest BCUT2D eigenvalue weighted by Gasteiger charge is 2.08. The molecule has 0 radical (unpaired) electrons. The Morgan fingerprint density at radius 2 is 2.29 bits per heavy atom. The second-order valence-corrected chi connectivity index (χ2v) is 3.49. The monoisotopic (exact) mass is 226 g/mol. The van der Waals surface area contributed by atoms with E-state index in [0.29, 0.717) is 0 Å². The molecule has 1 N–H and O–H groups in total. The van der Waals surface area contributed by atoms with E-state index in [1.807, 2.05) is 36.5 Å². The number of ether oxygens (including phenoxy) is 1. The molecule has 0 unspecified atom stereocenters. The van der Waals surface area contributed by atoms with Gasteiger partial charge in [0.15, 0.2) is 0 Å². The van der Waals surface area contributed by atoms with E-state index >= 15 is 0 Å². The molecule has 0 aliphatic heterocycles. The quantitative estimate of drug-likeness (QED) is 0.485. The molecule has 2 rings (SSSR count). The van der Waals surface area contributed by atoms with Crippen molar-refractivity contribution in [2.24, 2.45) is 0 Å². The maximum Gasteiger partial charge on any atom is 0.348 e. The molecule has 0 fully saturated rings. The lowest BCUT2D eigenvalue weighted by Crippen LogP contribution is -2.02. The first-order chi connectivity index (χ1) is 8.24. The second kappa shape index (κ2) is 4.54. The highest BCUT2D eigenvalue weighted by atomic mass is 16.5. The number of hydrogen-bond donors (Lipinski definition) is 1. The van der Waals surface area contributed by atoms with E-state index in [9.17, 15) is 4.79 Å². The number of nitrogens with zero attached hydrogens (tertiary/aromatic N) is 1. The summed E-state index contributed by atoms with van der Waals surface area (Å²) in [6.45, 7) is 0. The van der Waals surface area contributed by atoms with Gasteiger partial charge in [0.25, 0.3) is 0 Å². The fourth-order valence-corrected chi connectivity index (χ4v) is 1.57. The SMILES string of the molecule is COC(=O)/C(C#N)=C/c1ccc2cc[nH]c2c1. The molecular weight excluding hydrogens is 216 g/mol. The topological polar surface area (TPSA) is 65.9 Å². The van der Waals surface area contributed by atoms with Crippen LogP contribution < -0.4 is 0 Å². The Hall–Kier alpha value is -2.54. The van der Waals surface area contributed by atoms with E-state index in [2.05, 4.69) is 9.72 Å². The summed E-state index contributed by atoms with van der Waals surface area (Å²) in [5, 5.41) is 9.92. The highest BCUT2D eigenvalue weighted by Crippen LogP contribution is 2.16. The molecule has 0 amide bonds. The summed E-state index contributed by atoms with van der Waals surface area (Å²) in [5.41, 5.74) is 1.72. The Morgan fingerprint density at radius 3 is 3.00 bits per heavy atom. The van der Waals surface area contributed by atoms with Crippen molar-refractivity contribution in [3.05, 3.63) is 41.6 Å². The van der Waals surface area contributed by atoms with Crippen molar-refractivity contribution in [1.29, 1.82) is 5.26 Å². The Labute approximate surface area is 98.1 Å².